The van der Waals surface area contributed by atoms with Crippen LogP contribution in [-0.2, 0) is 13.5 Å². The monoisotopic (exact) mass is 366 g/mol. The summed E-state index contributed by atoms with van der Waals surface area (Å²) in [7, 11) is 3.62. The van der Waals surface area contributed by atoms with Gasteiger partial charge in [0.2, 0.25) is 0 Å². The number of methoxy groups -OCH3 is 1. The minimum Gasteiger partial charge on any atom is -0.497 e. The maximum Gasteiger partial charge on any atom is 0.279 e. The van der Waals surface area contributed by atoms with E-state index in [9.17, 15) is 4.79 Å². The third-order valence-corrected chi connectivity index (χ3v) is 5.63. The zero-order valence-electron chi connectivity index (χ0n) is 15.4. The van der Waals surface area contributed by atoms with Crippen LogP contribution in [0, 0.1) is 6.92 Å². The lowest BCUT2D eigenvalue weighted by Crippen LogP contribution is -2.14. The number of amides is 1. The zero-order chi connectivity index (χ0) is 18.7. The van der Waals surface area contributed by atoms with E-state index in [0.717, 1.165) is 29.0 Å². The van der Waals surface area contributed by atoms with Crippen LogP contribution in [0.3, 0.4) is 0 Å². The van der Waals surface area contributed by atoms with Gasteiger partial charge in [0, 0.05) is 17.5 Å². The molecule has 5 heteroatoms. The SMILES string of the molecule is CCc1sc(=NC(=O)c2ccccc2C)n(C)c1-c1ccc(OC)cc1. The van der Waals surface area contributed by atoms with Crippen LogP contribution in [0.1, 0.15) is 27.7 Å². The lowest BCUT2D eigenvalue weighted by Gasteiger charge is -2.07. The van der Waals surface area contributed by atoms with Crippen molar-refractivity contribution < 1.29 is 9.53 Å². The van der Waals surface area contributed by atoms with Gasteiger partial charge in [-0.3, -0.25) is 4.79 Å². The van der Waals surface area contributed by atoms with Crippen molar-refractivity contribution in [1.29, 1.82) is 0 Å². The highest BCUT2D eigenvalue weighted by atomic mass is 32.1. The van der Waals surface area contributed by atoms with Crippen molar-refractivity contribution >= 4 is 17.2 Å². The quantitative estimate of drug-likeness (QED) is 0.688. The van der Waals surface area contributed by atoms with Crippen molar-refractivity contribution in [2.24, 2.45) is 12.0 Å². The van der Waals surface area contributed by atoms with Gasteiger partial charge in [0.25, 0.3) is 5.91 Å². The number of rotatable bonds is 4. The van der Waals surface area contributed by atoms with Crippen LogP contribution in [-0.4, -0.2) is 17.6 Å². The molecule has 3 rings (SSSR count). The fraction of sp³-hybridized carbons (Fsp3) is 0.238. The van der Waals surface area contributed by atoms with E-state index in [-0.39, 0.29) is 5.91 Å². The molecule has 0 radical (unpaired) electrons. The molecule has 2 aromatic carbocycles. The second-order valence-electron chi connectivity index (χ2n) is 6.03. The molecule has 1 amide bonds. The first-order valence-electron chi connectivity index (χ1n) is 8.53. The summed E-state index contributed by atoms with van der Waals surface area (Å²) >= 11 is 1.56. The molecule has 1 aromatic heterocycles. The molecule has 134 valence electrons. The molecular formula is C21H22N2O2S. The summed E-state index contributed by atoms with van der Waals surface area (Å²) in [6.07, 6.45) is 0.883. The van der Waals surface area contributed by atoms with Crippen LogP contribution in [0.25, 0.3) is 11.3 Å². The molecule has 0 aliphatic carbocycles. The van der Waals surface area contributed by atoms with E-state index < -0.39 is 0 Å². The Balaban J connectivity index is 2.08. The third-order valence-electron chi connectivity index (χ3n) is 4.36. The molecule has 3 aromatic rings. The average Bonchev–Trinajstić information content (AvgIpc) is 2.97. The Labute approximate surface area is 157 Å². The van der Waals surface area contributed by atoms with Crippen LogP contribution in [0.5, 0.6) is 5.75 Å². The van der Waals surface area contributed by atoms with Gasteiger partial charge >= 0.3 is 0 Å². The molecule has 0 aliphatic rings. The van der Waals surface area contributed by atoms with Gasteiger partial charge < -0.3 is 9.30 Å². The van der Waals surface area contributed by atoms with Crippen LogP contribution < -0.4 is 9.54 Å². The summed E-state index contributed by atoms with van der Waals surface area (Å²) in [4.78, 5) is 18.9. The van der Waals surface area contributed by atoms with Crippen LogP contribution >= 0.6 is 11.3 Å². The Hall–Kier alpha value is -2.66. The molecule has 0 saturated carbocycles. The van der Waals surface area contributed by atoms with Crippen molar-refractivity contribution in [2.75, 3.05) is 7.11 Å². The summed E-state index contributed by atoms with van der Waals surface area (Å²) in [6.45, 7) is 4.04. The molecule has 4 nitrogen and oxygen atoms in total. The van der Waals surface area contributed by atoms with Gasteiger partial charge in [-0.05, 0) is 54.8 Å². The summed E-state index contributed by atoms with van der Waals surface area (Å²) in [5.74, 6) is 0.619. The predicted molar refractivity (Wildman–Crippen MR) is 106 cm³/mol. The van der Waals surface area contributed by atoms with E-state index in [1.54, 1.807) is 18.4 Å². The van der Waals surface area contributed by atoms with E-state index >= 15 is 0 Å². The first-order chi connectivity index (χ1) is 12.5. The normalized spacial score (nSPS) is 11.6. The topological polar surface area (TPSA) is 43.6 Å². The minimum absolute atomic E-state index is 0.205. The second kappa shape index (κ2) is 7.70. The molecule has 0 saturated heterocycles. The molecule has 26 heavy (non-hydrogen) atoms. The first kappa shape index (κ1) is 18.1. The fourth-order valence-corrected chi connectivity index (χ4v) is 3.98. The summed E-state index contributed by atoms with van der Waals surface area (Å²) in [5.41, 5.74) is 3.76. The van der Waals surface area contributed by atoms with E-state index in [4.69, 9.17) is 4.74 Å². The standard InChI is InChI=1S/C21H22N2O2S/c1-5-18-19(15-10-12-16(25-4)13-11-15)23(3)21(26-18)22-20(24)17-9-7-6-8-14(17)2/h6-13H,5H2,1-4H3. The van der Waals surface area contributed by atoms with Gasteiger partial charge in [-0.25, -0.2) is 0 Å². The van der Waals surface area contributed by atoms with Gasteiger partial charge in [-0.1, -0.05) is 25.1 Å². The number of thiazole rings is 1. The minimum atomic E-state index is -0.205. The van der Waals surface area contributed by atoms with Gasteiger partial charge in [-0.15, -0.1) is 11.3 Å². The number of aromatic nitrogens is 1. The second-order valence-corrected chi connectivity index (χ2v) is 7.09. The number of carbonyl (C=O) groups excluding carboxylic acids is 1. The highest BCUT2D eigenvalue weighted by molar-refractivity contribution is 7.09. The fourth-order valence-electron chi connectivity index (χ4n) is 2.91. The summed E-state index contributed by atoms with van der Waals surface area (Å²) in [6, 6.07) is 15.5. The van der Waals surface area contributed by atoms with Gasteiger partial charge in [-0.2, -0.15) is 4.99 Å². The Morgan fingerprint density at radius 2 is 1.85 bits per heavy atom. The van der Waals surface area contributed by atoms with Gasteiger partial charge in [0.15, 0.2) is 4.80 Å². The molecule has 0 N–H and O–H groups in total. The maximum atomic E-state index is 12.6. The van der Waals surface area contributed by atoms with E-state index in [1.807, 2.05) is 67.1 Å². The first-order valence-corrected chi connectivity index (χ1v) is 9.34. The zero-order valence-corrected chi connectivity index (χ0v) is 16.3. The smallest absolute Gasteiger partial charge is 0.279 e. The third kappa shape index (κ3) is 3.48. The molecule has 0 atom stereocenters. The molecule has 0 unspecified atom stereocenters. The molecule has 0 spiro atoms. The number of hydrogen-bond acceptors (Lipinski definition) is 3. The Kier molecular flexibility index (Phi) is 5.38. The van der Waals surface area contributed by atoms with Gasteiger partial charge in [0.1, 0.15) is 5.75 Å². The largest absolute Gasteiger partial charge is 0.497 e. The van der Waals surface area contributed by atoms with Crippen molar-refractivity contribution in [3.8, 4) is 17.0 Å². The van der Waals surface area contributed by atoms with E-state index in [0.29, 0.717) is 10.4 Å². The molecule has 1 heterocycles. The molecule has 0 aliphatic heterocycles. The number of carbonyl (C=O) groups is 1. The maximum absolute atomic E-state index is 12.6. The highest BCUT2D eigenvalue weighted by Crippen LogP contribution is 2.27. The number of nitrogens with zero attached hydrogens (tertiary/aromatic N) is 2. The van der Waals surface area contributed by atoms with Crippen molar-refractivity contribution in [3.63, 3.8) is 0 Å². The summed E-state index contributed by atoms with van der Waals surface area (Å²) in [5, 5.41) is 0. The van der Waals surface area contributed by atoms with E-state index in [1.165, 1.54) is 4.88 Å². The number of aryl methyl sites for hydroxylation is 2. The van der Waals surface area contributed by atoms with Crippen LogP contribution in [0.15, 0.2) is 53.5 Å². The van der Waals surface area contributed by atoms with E-state index in [2.05, 4.69) is 11.9 Å². The Morgan fingerprint density at radius 1 is 1.15 bits per heavy atom. The molecule has 0 bridgehead atoms. The van der Waals surface area contributed by atoms with Crippen LogP contribution in [0.2, 0.25) is 0 Å². The number of benzene rings is 2. The van der Waals surface area contributed by atoms with Crippen molar-refractivity contribution in [3.05, 3.63) is 69.3 Å². The lowest BCUT2D eigenvalue weighted by molar-refractivity contribution is 0.0997. The number of hydrogen-bond donors (Lipinski definition) is 0. The predicted octanol–water partition coefficient (Wildman–Crippen LogP) is 4.37. The number of ether oxygens (including phenoxy) is 1. The van der Waals surface area contributed by atoms with Gasteiger partial charge in [0.05, 0.1) is 12.8 Å². The molecule has 0 fully saturated rings. The van der Waals surface area contributed by atoms with Crippen molar-refractivity contribution in [2.45, 2.75) is 20.3 Å². The lowest BCUT2D eigenvalue weighted by atomic mass is 10.1. The highest BCUT2D eigenvalue weighted by Gasteiger charge is 2.14. The molecular weight excluding hydrogens is 344 g/mol. The van der Waals surface area contributed by atoms with Crippen LogP contribution in [0.4, 0.5) is 0 Å². The Morgan fingerprint density at radius 3 is 2.46 bits per heavy atom. The Bertz CT molecular complexity index is 998. The van der Waals surface area contributed by atoms with Crippen molar-refractivity contribution in [1.82, 2.24) is 4.57 Å². The summed E-state index contributed by atoms with van der Waals surface area (Å²) < 4.78 is 7.24. The average molecular weight is 366 g/mol.